The van der Waals surface area contributed by atoms with Crippen molar-refractivity contribution in [3.63, 3.8) is 0 Å². The summed E-state index contributed by atoms with van der Waals surface area (Å²) in [5.41, 5.74) is 6.82. The molecule has 0 unspecified atom stereocenters. The van der Waals surface area contributed by atoms with Crippen LogP contribution in [0.3, 0.4) is 0 Å². The molecule has 3 nitrogen and oxygen atoms in total. The summed E-state index contributed by atoms with van der Waals surface area (Å²) < 4.78 is 0. The molecule has 3 rings (SSSR count). The van der Waals surface area contributed by atoms with Crippen LogP contribution >= 0.6 is 0 Å². The van der Waals surface area contributed by atoms with Gasteiger partial charge in [0.25, 0.3) is 0 Å². The van der Waals surface area contributed by atoms with Gasteiger partial charge >= 0.3 is 0 Å². The van der Waals surface area contributed by atoms with Crippen LogP contribution in [0.5, 0.6) is 0 Å². The van der Waals surface area contributed by atoms with Gasteiger partial charge < -0.3 is 0 Å². The normalized spacial score (nSPS) is 12.3. The minimum absolute atomic E-state index is 0.693. The number of amides is 1. The Morgan fingerprint density at radius 3 is 1.83 bits per heavy atom. The average Bonchev–Trinajstić information content (AvgIpc) is 2.58. The van der Waals surface area contributed by atoms with Gasteiger partial charge in [-0.15, -0.1) is 0 Å². The summed E-state index contributed by atoms with van der Waals surface area (Å²) in [6, 6.07) is 15.9. The van der Waals surface area contributed by atoms with Crippen molar-refractivity contribution in [3.8, 4) is 0 Å². The predicted octanol–water partition coefficient (Wildman–Crippen LogP) is 2.97. The first-order valence-corrected chi connectivity index (χ1v) is 5.76. The zero-order chi connectivity index (χ0) is 12.4. The summed E-state index contributed by atoms with van der Waals surface area (Å²) in [6.45, 7) is 0. The van der Waals surface area contributed by atoms with E-state index >= 15 is 0 Å². The predicted molar refractivity (Wildman–Crippen MR) is 73.2 cm³/mol. The number of fused-ring (bicyclic) bond motifs is 2. The lowest BCUT2D eigenvalue weighted by Gasteiger charge is -2.24. The van der Waals surface area contributed by atoms with Gasteiger partial charge in [-0.25, -0.2) is 0 Å². The van der Waals surface area contributed by atoms with Crippen LogP contribution in [0.4, 0.5) is 11.4 Å². The summed E-state index contributed by atoms with van der Waals surface area (Å²) in [5.74, 6) is 0. The van der Waals surface area contributed by atoms with E-state index in [-0.39, 0.29) is 0 Å². The van der Waals surface area contributed by atoms with E-state index < -0.39 is 0 Å². The summed E-state index contributed by atoms with van der Waals surface area (Å²) in [4.78, 5) is 10.8. The SMILES string of the molecule is O=CNN1c2ccccc2C=Cc2ccccc21. The molecule has 18 heavy (non-hydrogen) atoms. The van der Waals surface area contributed by atoms with E-state index in [2.05, 4.69) is 17.6 Å². The van der Waals surface area contributed by atoms with Crippen LogP contribution in [0.1, 0.15) is 11.1 Å². The Kier molecular flexibility index (Phi) is 2.57. The van der Waals surface area contributed by atoms with Gasteiger partial charge in [-0.05, 0) is 12.1 Å². The number of benzene rings is 2. The molecule has 0 fully saturated rings. The Hall–Kier alpha value is -2.55. The number of nitrogens with one attached hydrogen (secondary N) is 1. The number of carbonyl (C=O) groups is 1. The van der Waals surface area contributed by atoms with E-state index in [0.717, 1.165) is 22.5 Å². The molecule has 0 saturated heterocycles. The van der Waals surface area contributed by atoms with Crippen molar-refractivity contribution < 1.29 is 4.79 Å². The number of hydrogen-bond donors (Lipinski definition) is 1. The molecule has 88 valence electrons. The van der Waals surface area contributed by atoms with Crippen LogP contribution in [0.2, 0.25) is 0 Å². The van der Waals surface area contributed by atoms with Gasteiger partial charge in [-0.3, -0.25) is 15.2 Å². The first-order chi connectivity index (χ1) is 8.90. The number of rotatable bonds is 2. The fraction of sp³-hybridized carbons (Fsp3) is 0. The first-order valence-electron chi connectivity index (χ1n) is 5.76. The molecule has 0 spiro atoms. The Balaban J connectivity index is 2.23. The molecule has 1 N–H and O–H groups in total. The van der Waals surface area contributed by atoms with Gasteiger partial charge in [0.15, 0.2) is 0 Å². The highest BCUT2D eigenvalue weighted by Crippen LogP contribution is 2.34. The molecule has 0 aliphatic carbocycles. The fourth-order valence-corrected chi connectivity index (χ4v) is 2.17. The third-order valence-electron chi connectivity index (χ3n) is 2.98. The largest absolute Gasteiger partial charge is 0.277 e. The average molecular weight is 236 g/mol. The minimum atomic E-state index is 0.693. The molecule has 0 saturated carbocycles. The molecule has 0 atom stereocenters. The minimum Gasteiger partial charge on any atom is -0.277 e. The maximum atomic E-state index is 10.8. The standard InChI is InChI=1S/C15H12N2O/c18-11-16-17-14-7-3-1-5-12(14)9-10-13-6-2-4-8-15(13)17/h1-11H,(H,16,18). The van der Waals surface area contributed by atoms with Crippen molar-refractivity contribution in [1.82, 2.24) is 5.43 Å². The maximum Gasteiger partial charge on any atom is 0.226 e. The first kappa shape index (κ1) is 10.6. The number of anilines is 2. The molecule has 2 aromatic rings. The summed E-state index contributed by atoms with van der Waals surface area (Å²) in [5, 5.41) is 1.80. The van der Waals surface area contributed by atoms with Crippen LogP contribution in [0.15, 0.2) is 48.5 Å². The molecular weight excluding hydrogens is 224 g/mol. The van der Waals surface area contributed by atoms with Crippen LogP contribution in [0.25, 0.3) is 12.2 Å². The van der Waals surface area contributed by atoms with Gasteiger partial charge in [0.05, 0.1) is 11.4 Å². The van der Waals surface area contributed by atoms with Crippen molar-refractivity contribution >= 4 is 29.9 Å². The zero-order valence-electron chi connectivity index (χ0n) is 9.71. The van der Waals surface area contributed by atoms with Gasteiger partial charge in [0, 0.05) is 11.1 Å². The third kappa shape index (κ3) is 1.66. The van der Waals surface area contributed by atoms with Gasteiger partial charge in [-0.2, -0.15) is 0 Å². The van der Waals surface area contributed by atoms with Crippen molar-refractivity contribution in [3.05, 3.63) is 59.7 Å². The van der Waals surface area contributed by atoms with Crippen LogP contribution in [-0.2, 0) is 4.79 Å². The van der Waals surface area contributed by atoms with E-state index in [9.17, 15) is 4.79 Å². The molecule has 1 amide bonds. The second-order valence-electron chi connectivity index (χ2n) is 4.03. The van der Waals surface area contributed by atoms with E-state index in [0.29, 0.717) is 6.41 Å². The molecule has 1 heterocycles. The van der Waals surface area contributed by atoms with Crippen LogP contribution < -0.4 is 10.4 Å². The molecule has 1 aliphatic heterocycles. The van der Waals surface area contributed by atoms with Crippen molar-refractivity contribution in [2.45, 2.75) is 0 Å². The van der Waals surface area contributed by atoms with E-state index in [1.165, 1.54) is 0 Å². The number of nitrogens with zero attached hydrogens (tertiary/aromatic N) is 1. The van der Waals surface area contributed by atoms with Gasteiger partial charge in [0.1, 0.15) is 0 Å². The van der Waals surface area contributed by atoms with E-state index in [1.54, 1.807) is 5.01 Å². The number of carbonyl (C=O) groups excluding carboxylic acids is 1. The quantitative estimate of drug-likeness (QED) is 0.813. The molecule has 2 aromatic carbocycles. The topological polar surface area (TPSA) is 32.3 Å². The molecule has 0 aromatic heterocycles. The fourth-order valence-electron chi connectivity index (χ4n) is 2.17. The Labute approximate surface area is 105 Å². The molecule has 0 bridgehead atoms. The lowest BCUT2D eigenvalue weighted by atomic mass is 10.1. The Bertz CT molecular complexity index is 570. The van der Waals surface area contributed by atoms with Crippen LogP contribution in [0, 0.1) is 0 Å². The Morgan fingerprint density at radius 2 is 1.33 bits per heavy atom. The number of hydrogen-bond acceptors (Lipinski definition) is 2. The second-order valence-corrected chi connectivity index (χ2v) is 4.03. The molecule has 1 aliphatic rings. The lowest BCUT2D eigenvalue weighted by molar-refractivity contribution is -0.109. The van der Waals surface area contributed by atoms with Gasteiger partial charge in [0.2, 0.25) is 6.41 Å². The monoisotopic (exact) mass is 236 g/mol. The maximum absolute atomic E-state index is 10.8. The second kappa shape index (κ2) is 4.37. The Morgan fingerprint density at radius 1 is 0.833 bits per heavy atom. The lowest BCUT2D eigenvalue weighted by Crippen LogP contribution is -2.33. The van der Waals surface area contributed by atoms with Gasteiger partial charge in [-0.1, -0.05) is 48.6 Å². The van der Waals surface area contributed by atoms with Crippen molar-refractivity contribution in [1.29, 1.82) is 0 Å². The van der Waals surface area contributed by atoms with Crippen molar-refractivity contribution in [2.75, 3.05) is 5.01 Å². The molecular formula is C15H12N2O. The van der Waals surface area contributed by atoms with Crippen LogP contribution in [-0.4, -0.2) is 6.41 Å². The van der Waals surface area contributed by atoms with Crippen molar-refractivity contribution in [2.24, 2.45) is 0 Å². The molecule has 3 heteroatoms. The summed E-state index contributed by atoms with van der Waals surface area (Å²) >= 11 is 0. The third-order valence-corrected chi connectivity index (χ3v) is 2.98. The highest BCUT2D eigenvalue weighted by atomic mass is 16.1. The highest BCUT2D eigenvalue weighted by Gasteiger charge is 2.16. The highest BCUT2D eigenvalue weighted by molar-refractivity contribution is 5.89. The van der Waals surface area contributed by atoms with E-state index in [4.69, 9.17) is 0 Å². The molecule has 0 radical (unpaired) electrons. The number of hydrazine groups is 1. The summed E-state index contributed by atoms with van der Waals surface area (Å²) in [6.07, 6.45) is 4.81. The van der Waals surface area contributed by atoms with E-state index in [1.807, 2.05) is 48.5 Å². The zero-order valence-corrected chi connectivity index (χ0v) is 9.71. The summed E-state index contributed by atoms with van der Waals surface area (Å²) in [7, 11) is 0. The smallest absolute Gasteiger partial charge is 0.226 e. The number of para-hydroxylation sites is 2.